The van der Waals surface area contributed by atoms with E-state index in [2.05, 4.69) is 0 Å². The molecule has 0 spiro atoms. The lowest BCUT2D eigenvalue weighted by atomic mass is 9.99. The Kier molecular flexibility index (Phi) is 4.90. The number of benzene rings is 1. The summed E-state index contributed by atoms with van der Waals surface area (Å²) in [6.07, 6.45) is 1.16. The normalized spacial score (nSPS) is 20.7. The van der Waals surface area contributed by atoms with Gasteiger partial charge in [0, 0.05) is 6.54 Å². The van der Waals surface area contributed by atoms with Crippen LogP contribution < -0.4 is 9.47 Å². The Labute approximate surface area is 129 Å². The highest BCUT2D eigenvalue weighted by molar-refractivity contribution is 5.88. The first-order valence-electron chi connectivity index (χ1n) is 7.37. The number of aliphatic carboxylic acids is 1. The van der Waals surface area contributed by atoms with Gasteiger partial charge in [0.25, 0.3) is 5.91 Å². The van der Waals surface area contributed by atoms with Gasteiger partial charge in [-0.25, -0.2) is 4.79 Å². The van der Waals surface area contributed by atoms with Crippen molar-refractivity contribution < 1.29 is 24.2 Å². The van der Waals surface area contributed by atoms with E-state index in [1.54, 1.807) is 31.2 Å². The van der Waals surface area contributed by atoms with Crippen LogP contribution in [0.4, 0.5) is 0 Å². The largest absolute Gasteiger partial charge is 0.494 e. The molecule has 22 heavy (non-hydrogen) atoms. The molecule has 1 unspecified atom stereocenters. The number of rotatable bonds is 6. The Morgan fingerprint density at radius 2 is 1.82 bits per heavy atom. The average molecular weight is 307 g/mol. The topological polar surface area (TPSA) is 76.1 Å². The molecule has 1 aromatic rings. The van der Waals surface area contributed by atoms with Crippen LogP contribution in [0.3, 0.4) is 0 Å². The summed E-state index contributed by atoms with van der Waals surface area (Å²) in [5.41, 5.74) is -1.13. The molecule has 1 heterocycles. The molecule has 1 saturated heterocycles. The Bertz CT molecular complexity index is 542. The van der Waals surface area contributed by atoms with Crippen LogP contribution in [-0.4, -0.2) is 47.2 Å². The van der Waals surface area contributed by atoms with Crippen LogP contribution in [0.2, 0.25) is 0 Å². The number of carboxylic acids is 1. The van der Waals surface area contributed by atoms with Crippen molar-refractivity contribution in [2.24, 2.45) is 0 Å². The van der Waals surface area contributed by atoms with E-state index < -0.39 is 11.5 Å². The van der Waals surface area contributed by atoms with Crippen LogP contribution in [0.15, 0.2) is 24.3 Å². The predicted molar refractivity (Wildman–Crippen MR) is 80.1 cm³/mol. The minimum Gasteiger partial charge on any atom is -0.494 e. The summed E-state index contributed by atoms with van der Waals surface area (Å²) in [6, 6.07) is 6.97. The third-order valence-electron chi connectivity index (χ3n) is 3.90. The fourth-order valence-corrected chi connectivity index (χ4v) is 2.61. The second-order valence-corrected chi connectivity index (χ2v) is 5.42. The van der Waals surface area contributed by atoms with Crippen LogP contribution in [0.5, 0.6) is 11.5 Å². The summed E-state index contributed by atoms with van der Waals surface area (Å²) < 4.78 is 10.8. The Balaban J connectivity index is 1.93. The molecule has 2 rings (SSSR count). The molecule has 6 heteroatoms. The molecule has 0 aliphatic carbocycles. The van der Waals surface area contributed by atoms with Crippen molar-refractivity contribution >= 4 is 11.9 Å². The van der Waals surface area contributed by atoms with Gasteiger partial charge >= 0.3 is 5.97 Å². The van der Waals surface area contributed by atoms with Crippen molar-refractivity contribution in [1.82, 2.24) is 4.90 Å². The summed E-state index contributed by atoms with van der Waals surface area (Å²) in [6.45, 7) is 4.35. The smallest absolute Gasteiger partial charge is 0.329 e. The van der Waals surface area contributed by atoms with Crippen molar-refractivity contribution in [3.63, 3.8) is 0 Å². The average Bonchev–Trinajstić information content (AvgIpc) is 2.90. The van der Waals surface area contributed by atoms with Gasteiger partial charge in [0.15, 0.2) is 6.61 Å². The minimum atomic E-state index is -1.13. The summed E-state index contributed by atoms with van der Waals surface area (Å²) >= 11 is 0. The quantitative estimate of drug-likeness (QED) is 0.869. The van der Waals surface area contributed by atoms with Gasteiger partial charge < -0.3 is 19.5 Å². The molecular weight excluding hydrogens is 286 g/mol. The molecule has 1 N–H and O–H groups in total. The zero-order valence-electron chi connectivity index (χ0n) is 12.9. The lowest BCUT2D eigenvalue weighted by Crippen LogP contribution is -2.52. The van der Waals surface area contributed by atoms with E-state index >= 15 is 0 Å². The van der Waals surface area contributed by atoms with E-state index in [0.29, 0.717) is 31.7 Å². The molecule has 0 radical (unpaired) electrons. The SMILES string of the molecule is CCOc1ccc(OCC(=O)N2CCCC2(C)C(=O)O)cc1. The molecule has 1 aliphatic rings. The van der Waals surface area contributed by atoms with Gasteiger partial charge in [-0.2, -0.15) is 0 Å². The second-order valence-electron chi connectivity index (χ2n) is 5.42. The molecule has 1 aliphatic heterocycles. The summed E-state index contributed by atoms with van der Waals surface area (Å²) in [5.74, 6) is 0.00269. The molecule has 120 valence electrons. The van der Waals surface area contributed by atoms with Crippen LogP contribution in [0.1, 0.15) is 26.7 Å². The molecule has 1 amide bonds. The molecule has 1 atom stereocenters. The second kappa shape index (κ2) is 6.68. The number of amides is 1. The number of nitrogens with zero attached hydrogens (tertiary/aromatic N) is 1. The Morgan fingerprint density at radius 1 is 1.23 bits per heavy atom. The number of carbonyl (C=O) groups is 2. The number of hydrogen-bond donors (Lipinski definition) is 1. The van der Waals surface area contributed by atoms with E-state index in [1.807, 2.05) is 6.92 Å². The van der Waals surface area contributed by atoms with Crippen molar-refractivity contribution in [2.75, 3.05) is 19.8 Å². The monoisotopic (exact) mass is 307 g/mol. The summed E-state index contributed by atoms with van der Waals surface area (Å²) in [7, 11) is 0. The van der Waals surface area contributed by atoms with Crippen LogP contribution in [0, 0.1) is 0 Å². The van der Waals surface area contributed by atoms with E-state index in [-0.39, 0.29) is 12.5 Å². The number of hydrogen-bond acceptors (Lipinski definition) is 4. The van der Waals surface area contributed by atoms with Crippen LogP contribution in [0.25, 0.3) is 0 Å². The fraction of sp³-hybridized carbons (Fsp3) is 0.500. The maximum absolute atomic E-state index is 12.2. The molecule has 1 fully saturated rings. The third kappa shape index (κ3) is 3.32. The predicted octanol–water partition coefficient (Wildman–Crippen LogP) is 1.93. The molecular formula is C16H21NO5. The number of carbonyl (C=O) groups excluding carboxylic acids is 1. The molecule has 0 saturated carbocycles. The van der Waals surface area contributed by atoms with Gasteiger partial charge in [0.1, 0.15) is 17.0 Å². The molecule has 0 bridgehead atoms. The van der Waals surface area contributed by atoms with Gasteiger partial charge in [0.2, 0.25) is 0 Å². The first kappa shape index (κ1) is 16.1. The third-order valence-corrected chi connectivity index (χ3v) is 3.90. The zero-order valence-corrected chi connectivity index (χ0v) is 12.9. The maximum atomic E-state index is 12.2. The highest BCUT2D eigenvalue weighted by Crippen LogP contribution is 2.29. The van der Waals surface area contributed by atoms with E-state index in [9.17, 15) is 14.7 Å². The fourth-order valence-electron chi connectivity index (χ4n) is 2.61. The first-order chi connectivity index (χ1) is 10.5. The van der Waals surface area contributed by atoms with Gasteiger partial charge in [-0.05, 0) is 51.0 Å². The number of ether oxygens (including phenoxy) is 2. The number of likely N-dealkylation sites (tertiary alicyclic amines) is 1. The maximum Gasteiger partial charge on any atom is 0.329 e. The molecule has 1 aromatic carbocycles. The van der Waals surface area contributed by atoms with E-state index in [4.69, 9.17) is 9.47 Å². The van der Waals surface area contributed by atoms with Gasteiger partial charge in [0.05, 0.1) is 6.61 Å². The Hall–Kier alpha value is -2.24. The highest BCUT2D eigenvalue weighted by Gasteiger charge is 2.45. The summed E-state index contributed by atoms with van der Waals surface area (Å²) in [4.78, 5) is 25.0. The Morgan fingerprint density at radius 3 is 2.36 bits per heavy atom. The van der Waals surface area contributed by atoms with Crippen LogP contribution >= 0.6 is 0 Å². The lowest BCUT2D eigenvalue weighted by molar-refractivity contribution is -0.156. The van der Waals surface area contributed by atoms with E-state index in [1.165, 1.54) is 4.90 Å². The van der Waals surface area contributed by atoms with Crippen molar-refractivity contribution in [1.29, 1.82) is 0 Å². The van der Waals surface area contributed by atoms with E-state index in [0.717, 1.165) is 5.75 Å². The molecule has 0 aromatic heterocycles. The highest BCUT2D eigenvalue weighted by atomic mass is 16.5. The van der Waals surface area contributed by atoms with Gasteiger partial charge in [-0.3, -0.25) is 4.79 Å². The molecule has 6 nitrogen and oxygen atoms in total. The lowest BCUT2D eigenvalue weighted by Gasteiger charge is -2.31. The first-order valence-corrected chi connectivity index (χ1v) is 7.37. The minimum absolute atomic E-state index is 0.170. The zero-order chi connectivity index (χ0) is 16.2. The summed E-state index contributed by atoms with van der Waals surface area (Å²) in [5, 5.41) is 9.31. The standard InChI is InChI=1S/C16H21NO5/c1-3-21-12-5-7-13(8-6-12)22-11-14(18)17-10-4-9-16(17,2)15(19)20/h5-8H,3-4,9-11H2,1-2H3,(H,19,20). The van der Waals surface area contributed by atoms with Crippen molar-refractivity contribution in [2.45, 2.75) is 32.2 Å². The van der Waals surface area contributed by atoms with Crippen molar-refractivity contribution in [3.05, 3.63) is 24.3 Å². The van der Waals surface area contributed by atoms with Gasteiger partial charge in [-0.1, -0.05) is 0 Å². The van der Waals surface area contributed by atoms with Crippen molar-refractivity contribution in [3.8, 4) is 11.5 Å². The van der Waals surface area contributed by atoms with Gasteiger partial charge in [-0.15, -0.1) is 0 Å². The number of carboxylic acid groups (broad SMARTS) is 1. The van der Waals surface area contributed by atoms with Crippen LogP contribution in [-0.2, 0) is 9.59 Å².